The molecule has 1 N–H and O–H groups in total. The number of carbonyl (C=O) groups is 1. The minimum atomic E-state index is -0.581. The minimum absolute atomic E-state index is 0.0680. The maximum atomic E-state index is 12.9. The Morgan fingerprint density at radius 1 is 1.00 bits per heavy atom. The van der Waals surface area contributed by atoms with E-state index in [9.17, 15) is 4.79 Å². The maximum absolute atomic E-state index is 12.9. The highest BCUT2D eigenvalue weighted by atomic mass is 16.5. The standard InChI is InChI=1S/C25H35NO3/c1-16(2)14-23(20-9-11-21(28-7)12-10-20)26-25(27)19(6)29-24-15-18(5)8-13-22(24)17(3)4/h8-13,15-17,19,23H,14H2,1-7H3,(H,26,27). The lowest BCUT2D eigenvalue weighted by Gasteiger charge is -2.24. The van der Waals surface area contributed by atoms with Crippen LogP contribution in [0.2, 0.25) is 0 Å². The summed E-state index contributed by atoms with van der Waals surface area (Å²) in [7, 11) is 1.65. The molecular weight excluding hydrogens is 362 g/mol. The average molecular weight is 398 g/mol. The van der Waals surface area contributed by atoms with E-state index in [0.717, 1.165) is 34.6 Å². The number of ether oxygens (including phenoxy) is 2. The largest absolute Gasteiger partial charge is 0.497 e. The zero-order chi connectivity index (χ0) is 21.6. The van der Waals surface area contributed by atoms with Crippen molar-refractivity contribution >= 4 is 5.91 Å². The number of hydrogen-bond acceptors (Lipinski definition) is 3. The average Bonchev–Trinajstić information content (AvgIpc) is 2.67. The van der Waals surface area contributed by atoms with E-state index in [1.54, 1.807) is 7.11 Å². The summed E-state index contributed by atoms with van der Waals surface area (Å²) in [6.45, 7) is 12.4. The van der Waals surface area contributed by atoms with Gasteiger partial charge < -0.3 is 14.8 Å². The summed E-state index contributed by atoms with van der Waals surface area (Å²) in [4.78, 5) is 12.9. The number of methoxy groups -OCH3 is 1. The molecule has 0 aliphatic carbocycles. The molecule has 0 aliphatic heterocycles. The molecule has 0 saturated carbocycles. The molecule has 29 heavy (non-hydrogen) atoms. The summed E-state index contributed by atoms with van der Waals surface area (Å²) in [5.41, 5.74) is 3.30. The molecule has 0 bridgehead atoms. The van der Waals surface area contributed by atoms with Crippen molar-refractivity contribution in [1.82, 2.24) is 5.32 Å². The minimum Gasteiger partial charge on any atom is -0.497 e. The van der Waals surface area contributed by atoms with Crippen molar-refractivity contribution in [3.05, 3.63) is 59.2 Å². The van der Waals surface area contributed by atoms with Gasteiger partial charge in [0.1, 0.15) is 11.5 Å². The van der Waals surface area contributed by atoms with Crippen LogP contribution in [0.4, 0.5) is 0 Å². The molecule has 2 aromatic carbocycles. The van der Waals surface area contributed by atoms with Gasteiger partial charge in [-0.05, 0) is 67.0 Å². The summed E-state index contributed by atoms with van der Waals surface area (Å²) < 4.78 is 11.3. The number of aryl methyl sites for hydroxylation is 1. The van der Waals surface area contributed by atoms with Crippen LogP contribution in [-0.2, 0) is 4.79 Å². The molecule has 2 rings (SSSR count). The van der Waals surface area contributed by atoms with Crippen LogP contribution in [0, 0.1) is 12.8 Å². The van der Waals surface area contributed by atoms with E-state index in [-0.39, 0.29) is 11.9 Å². The van der Waals surface area contributed by atoms with Gasteiger partial charge >= 0.3 is 0 Å². The van der Waals surface area contributed by atoms with Crippen molar-refractivity contribution in [2.45, 2.75) is 66.0 Å². The van der Waals surface area contributed by atoms with Crippen LogP contribution in [0.25, 0.3) is 0 Å². The van der Waals surface area contributed by atoms with Gasteiger partial charge in [0, 0.05) is 0 Å². The molecular formula is C25H35NO3. The molecule has 0 spiro atoms. The molecule has 2 aromatic rings. The molecule has 0 saturated heterocycles. The summed E-state index contributed by atoms with van der Waals surface area (Å²) in [6, 6.07) is 14.0. The number of hydrogen-bond donors (Lipinski definition) is 1. The van der Waals surface area contributed by atoms with Crippen molar-refractivity contribution in [2.24, 2.45) is 5.92 Å². The monoisotopic (exact) mass is 397 g/mol. The van der Waals surface area contributed by atoms with Crippen molar-refractivity contribution in [3.8, 4) is 11.5 Å². The van der Waals surface area contributed by atoms with E-state index in [0.29, 0.717) is 11.8 Å². The Kier molecular flexibility index (Phi) is 8.12. The SMILES string of the molecule is COc1ccc(C(CC(C)C)NC(=O)C(C)Oc2cc(C)ccc2C(C)C)cc1. The van der Waals surface area contributed by atoms with Crippen molar-refractivity contribution in [1.29, 1.82) is 0 Å². The zero-order valence-corrected chi connectivity index (χ0v) is 18.8. The van der Waals surface area contributed by atoms with Crippen molar-refractivity contribution < 1.29 is 14.3 Å². The third kappa shape index (κ3) is 6.52. The van der Waals surface area contributed by atoms with Crippen LogP contribution < -0.4 is 14.8 Å². The highest BCUT2D eigenvalue weighted by molar-refractivity contribution is 5.81. The predicted molar refractivity (Wildman–Crippen MR) is 119 cm³/mol. The molecule has 2 atom stereocenters. The quantitative estimate of drug-likeness (QED) is 0.582. The van der Waals surface area contributed by atoms with Gasteiger partial charge in [0.25, 0.3) is 5.91 Å². The van der Waals surface area contributed by atoms with Crippen LogP contribution in [0.15, 0.2) is 42.5 Å². The maximum Gasteiger partial charge on any atom is 0.261 e. The van der Waals surface area contributed by atoms with Gasteiger partial charge in [0.2, 0.25) is 0 Å². The van der Waals surface area contributed by atoms with E-state index in [4.69, 9.17) is 9.47 Å². The smallest absolute Gasteiger partial charge is 0.261 e. The van der Waals surface area contributed by atoms with Crippen molar-refractivity contribution in [3.63, 3.8) is 0 Å². The van der Waals surface area contributed by atoms with Crippen LogP contribution in [0.1, 0.15) is 69.7 Å². The molecule has 0 fully saturated rings. The number of benzene rings is 2. The molecule has 1 amide bonds. The fourth-order valence-corrected chi connectivity index (χ4v) is 3.34. The molecule has 0 aliphatic rings. The van der Waals surface area contributed by atoms with E-state index in [1.165, 1.54) is 0 Å². The van der Waals surface area contributed by atoms with Gasteiger partial charge in [-0.3, -0.25) is 4.79 Å². The Morgan fingerprint density at radius 3 is 2.21 bits per heavy atom. The Labute approximate surface area is 175 Å². The Morgan fingerprint density at radius 2 is 1.66 bits per heavy atom. The fraction of sp³-hybridized carbons (Fsp3) is 0.480. The van der Waals surface area contributed by atoms with Crippen LogP contribution in [-0.4, -0.2) is 19.1 Å². The Bertz CT molecular complexity index is 796. The van der Waals surface area contributed by atoms with E-state index in [1.807, 2.05) is 44.2 Å². The van der Waals surface area contributed by atoms with E-state index >= 15 is 0 Å². The molecule has 158 valence electrons. The van der Waals surface area contributed by atoms with Crippen LogP contribution in [0.3, 0.4) is 0 Å². The summed E-state index contributed by atoms with van der Waals surface area (Å²) >= 11 is 0. The molecule has 0 aromatic heterocycles. The van der Waals surface area contributed by atoms with E-state index < -0.39 is 6.10 Å². The van der Waals surface area contributed by atoms with Gasteiger partial charge in [0.15, 0.2) is 6.10 Å². The first kappa shape index (κ1) is 22.8. The normalized spacial score (nSPS) is 13.3. The van der Waals surface area contributed by atoms with Gasteiger partial charge in [0.05, 0.1) is 13.2 Å². The lowest BCUT2D eigenvalue weighted by atomic mass is 9.96. The number of nitrogens with one attached hydrogen (secondary N) is 1. The Hall–Kier alpha value is -2.49. The number of carbonyl (C=O) groups excluding carboxylic acids is 1. The second kappa shape index (κ2) is 10.3. The Balaban J connectivity index is 2.15. The van der Waals surface area contributed by atoms with Crippen LogP contribution in [0.5, 0.6) is 11.5 Å². The first-order valence-corrected chi connectivity index (χ1v) is 10.4. The predicted octanol–water partition coefficient (Wildman–Crippen LogP) is 5.80. The fourth-order valence-electron chi connectivity index (χ4n) is 3.34. The van der Waals surface area contributed by atoms with Gasteiger partial charge in [-0.1, -0.05) is 52.0 Å². The van der Waals surface area contributed by atoms with Crippen molar-refractivity contribution in [2.75, 3.05) is 7.11 Å². The molecule has 4 nitrogen and oxygen atoms in total. The lowest BCUT2D eigenvalue weighted by molar-refractivity contribution is -0.128. The summed E-state index contributed by atoms with van der Waals surface area (Å²) in [6.07, 6.45) is 0.272. The molecule has 0 heterocycles. The summed E-state index contributed by atoms with van der Waals surface area (Å²) in [5, 5.41) is 3.18. The van der Waals surface area contributed by atoms with Gasteiger partial charge in [-0.15, -0.1) is 0 Å². The zero-order valence-electron chi connectivity index (χ0n) is 18.8. The second-order valence-corrected chi connectivity index (χ2v) is 8.42. The molecule has 2 unspecified atom stereocenters. The number of amides is 1. The summed E-state index contributed by atoms with van der Waals surface area (Å²) in [5.74, 6) is 2.26. The highest BCUT2D eigenvalue weighted by Gasteiger charge is 2.22. The third-order valence-electron chi connectivity index (χ3n) is 5.01. The first-order valence-electron chi connectivity index (χ1n) is 10.4. The first-order chi connectivity index (χ1) is 13.7. The third-order valence-corrected chi connectivity index (χ3v) is 5.01. The second-order valence-electron chi connectivity index (χ2n) is 8.42. The topological polar surface area (TPSA) is 47.6 Å². The van der Waals surface area contributed by atoms with Crippen LogP contribution >= 0.6 is 0 Å². The lowest BCUT2D eigenvalue weighted by Crippen LogP contribution is -2.39. The molecule has 4 heteroatoms. The highest BCUT2D eigenvalue weighted by Crippen LogP contribution is 2.29. The van der Waals surface area contributed by atoms with Gasteiger partial charge in [-0.25, -0.2) is 0 Å². The van der Waals surface area contributed by atoms with Gasteiger partial charge in [-0.2, -0.15) is 0 Å². The number of rotatable bonds is 9. The van der Waals surface area contributed by atoms with E-state index in [2.05, 4.69) is 45.1 Å². The molecule has 0 radical (unpaired) electrons.